The fourth-order valence-electron chi connectivity index (χ4n) is 2.41. The van der Waals surface area contributed by atoms with Gasteiger partial charge in [0.2, 0.25) is 0 Å². The van der Waals surface area contributed by atoms with Crippen molar-refractivity contribution in [3.63, 3.8) is 0 Å². The number of hydrogen-bond donors (Lipinski definition) is 1. The summed E-state index contributed by atoms with van der Waals surface area (Å²) in [5.41, 5.74) is 7.38. The van der Waals surface area contributed by atoms with Crippen LogP contribution in [-0.4, -0.2) is 0 Å². The van der Waals surface area contributed by atoms with Crippen LogP contribution in [0.3, 0.4) is 0 Å². The predicted molar refractivity (Wildman–Crippen MR) is 82.8 cm³/mol. The zero-order chi connectivity index (χ0) is 13.4. The van der Waals surface area contributed by atoms with E-state index in [0.717, 1.165) is 28.6 Å². The highest BCUT2D eigenvalue weighted by Crippen LogP contribution is 2.42. The first-order valence-corrected chi connectivity index (χ1v) is 8.08. The lowest BCUT2D eigenvalue weighted by atomic mass is 9.97. The maximum absolute atomic E-state index is 6.29. The number of nitrogens with two attached hydrogens (primary N) is 1. The lowest BCUT2D eigenvalue weighted by Crippen LogP contribution is -2.23. The van der Waals surface area contributed by atoms with Crippen molar-refractivity contribution in [3.8, 4) is 5.75 Å². The van der Waals surface area contributed by atoms with Crippen LogP contribution in [0.2, 0.25) is 0 Å². The summed E-state index contributed by atoms with van der Waals surface area (Å²) in [7, 11) is 0. The van der Waals surface area contributed by atoms with Gasteiger partial charge in [-0.3, -0.25) is 0 Å². The van der Waals surface area contributed by atoms with E-state index in [4.69, 9.17) is 10.5 Å². The van der Waals surface area contributed by atoms with Crippen LogP contribution >= 0.6 is 27.3 Å². The number of halogens is 1. The Balaban J connectivity index is 1.90. The van der Waals surface area contributed by atoms with Crippen LogP contribution in [0.5, 0.6) is 5.75 Å². The van der Waals surface area contributed by atoms with Crippen LogP contribution in [-0.2, 0) is 6.42 Å². The molecule has 1 unspecified atom stereocenters. The van der Waals surface area contributed by atoms with Gasteiger partial charge < -0.3 is 10.5 Å². The second kappa shape index (κ2) is 5.27. The maximum atomic E-state index is 6.29. The molecule has 1 aromatic heterocycles. The van der Waals surface area contributed by atoms with Gasteiger partial charge >= 0.3 is 0 Å². The van der Waals surface area contributed by atoms with Crippen molar-refractivity contribution in [3.05, 3.63) is 50.1 Å². The molecule has 0 aliphatic carbocycles. The summed E-state index contributed by atoms with van der Waals surface area (Å²) in [6, 6.07) is 10.5. The monoisotopic (exact) mass is 337 g/mol. The van der Waals surface area contributed by atoms with E-state index < -0.39 is 0 Å². The smallest absolute Gasteiger partial charge is 0.135 e. The number of hydrogen-bond acceptors (Lipinski definition) is 3. The van der Waals surface area contributed by atoms with E-state index in [0.29, 0.717) is 0 Å². The van der Waals surface area contributed by atoms with E-state index in [1.165, 1.54) is 9.75 Å². The van der Waals surface area contributed by atoms with Crippen LogP contribution in [0.4, 0.5) is 0 Å². The molecule has 4 heteroatoms. The van der Waals surface area contributed by atoms with Crippen molar-refractivity contribution in [1.82, 2.24) is 0 Å². The summed E-state index contributed by atoms with van der Waals surface area (Å²) in [5, 5.41) is 0. The predicted octanol–water partition coefficient (Wildman–Crippen LogP) is 4.60. The highest BCUT2D eigenvalue weighted by Gasteiger charge is 2.28. The molecule has 0 radical (unpaired) electrons. The number of aryl methyl sites for hydroxylation is 1. The van der Waals surface area contributed by atoms with Crippen molar-refractivity contribution in [2.24, 2.45) is 5.73 Å². The molecule has 0 amide bonds. The largest absolute Gasteiger partial charge is 0.484 e. The van der Waals surface area contributed by atoms with Gasteiger partial charge in [-0.1, -0.05) is 22.9 Å². The summed E-state index contributed by atoms with van der Waals surface area (Å²) < 4.78 is 7.16. The number of thiophene rings is 1. The molecule has 2 atom stereocenters. The van der Waals surface area contributed by atoms with E-state index in [2.05, 4.69) is 41.1 Å². The number of fused-ring (bicyclic) bond motifs is 1. The summed E-state index contributed by atoms with van der Waals surface area (Å²) in [4.78, 5) is 2.68. The molecule has 2 aromatic rings. The Kier molecular flexibility index (Phi) is 3.65. The molecule has 3 rings (SSSR count). The number of benzene rings is 1. The fraction of sp³-hybridized carbons (Fsp3) is 0.333. The lowest BCUT2D eigenvalue weighted by molar-refractivity contribution is 0.165. The Bertz CT molecular complexity index is 596. The van der Waals surface area contributed by atoms with Gasteiger partial charge in [0.1, 0.15) is 11.9 Å². The minimum Gasteiger partial charge on any atom is -0.484 e. The van der Waals surface area contributed by atoms with Gasteiger partial charge in [-0.15, -0.1) is 11.3 Å². The molecular weight excluding hydrogens is 322 g/mol. The van der Waals surface area contributed by atoms with E-state index in [1.807, 2.05) is 23.5 Å². The Morgan fingerprint density at radius 2 is 2.21 bits per heavy atom. The molecule has 1 aliphatic heterocycles. The van der Waals surface area contributed by atoms with E-state index in [1.54, 1.807) is 0 Å². The van der Waals surface area contributed by atoms with Crippen molar-refractivity contribution in [2.45, 2.75) is 31.9 Å². The Labute approximate surface area is 125 Å². The molecule has 0 fully saturated rings. The van der Waals surface area contributed by atoms with Crippen LogP contribution in [0.25, 0.3) is 0 Å². The minimum atomic E-state index is 0.0402. The first-order chi connectivity index (χ1) is 9.17. The van der Waals surface area contributed by atoms with E-state index in [9.17, 15) is 0 Å². The van der Waals surface area contributed by atoms with E-state index >= 15 is 0 Å². The average molecular weight is 338 g/mol. The molecule has 0 saturated heterocycles. The summed E-state index contributed by atoms with van der Waals surface area (Å²) >= 11 is 5.31. The molecule has 0 saturated carbocycles. The third-order valence-electron chi connectivity index (χ3n) is 3.46. The van der Waals surface area contributed by atoms with Gasteiger partial charge in [-0.05, 0) is 36.8 Å². The van der Waals surface area contributed by atoms with Gasteiger partial charge in [-0.2, -0.15) is 0 Å². The summed E-state index contributed by atoms with van der Waals surface area (Å²) in [6.07, 6.45) is 2.01. The molecule has 0 bridgehead atoms. The van der Waals surface area contributed by atoms with Gasteiger partial charge in [0.15, 0.2) is 0 Å². The van der Waals surface area contributed by atoms with Crippen LogP contribution in [0.15, 0.2) is 34.8 Å². The zero-order valence-electron chi connectivity index (χ0n) is 10.7. The molecule has 100 valence electrons. The molecule has 2 heterocycles. The number of ether oxygens (including phenoxy) is 1. The third-order valence-corrected chi connectivity index (χ3v) is 5.27. The zero-order valence-corrected chi connectivity index (χ0v) is 13.1. The quantitative estimate of drug-likeness (QED) is 0.869. The van der Waals surface area contributed by atoms with Crippen LogP contribution in [0.1, 0.15) is 40.8 Å². The second-order valence-electron chi connectivity index (χ2n) is 4.79. The van der Waals surface area contributed by atoms with Crippen LogP contribution in [0, 0.1) is 0 Å². The Hall–Kier alpha value is -0.840. The lowest BCUT2D eigenvalue weighted by Gasteiger charge is -2.29. The topological polar surface area (TPSA) is 35.2 Å². The van der Waals surface area contributed by atoms with Crippen molar-refractivity contribution >= 4 is 27.3 Å². The molecule has 0 spiro atoms. The first-order valence-electron chi connectivity index (χ1n) is 6.47. The molecule has 2 N–H and O–H groups in total. The molecular formula is C15H16BrNOS. The summed E-state index contributed by atoms with van der Waals surface area (Å²) in [5.74, 6) is 0.915. The van der Waals surface area contributed by atoms with Gasteiger partial charge in [-0.25, -0.2) is 0 Å². The normalized spacial score (nSPS) is 21.8. The van der Waals surface area contributed by atoms with Crippen molar-refractivity contribution in [1.29, 1.82) is 0 Å². The first kappa shape index (κ1) is 13.2. The van der Waals surface area contributed by atoms with Crippen molar-refractivity contribution in [2.75, 3.05) is 0 Å². The Morgan fingerprint density at radius 1 is 1.37 bits per heavy atom. The third kappa shape index (κ3) is 2.57. The SMILES string of the molecule is CCc1ccc(C2C[C@@H](N)c3cc(Br)ccc3O2)s1. The molecule has 1 aliphatic rings. The summed E-state index contributed by atoms with van der Waals surface area (Å²) in [6.45, 7) is 2.18. The fourth-order valence-corrected chi connectivity index (χ4v) is 3.78. The Morgan fingerprint density at radius 3 is 2.95 bits per heavy atom. The molecule has 1 aromatic carbocycles. The highest BCUT2D eigenvalue weighted by atomic mass is 79.9. The van der Waals surface area contributed by atoms with Crippen molar-refractivity contribution < 1.29 is 4.74 Å². The minimum absolute atomic E-state index is 0.0402. The van der Waals surface area contributed by atoms with Gasteiger partial charge in [0, 0.05) is 32.3 Å². The standard InChI is InChI=1S/C15H16BrNOS/c1-2-10-4-6-15(19-10)14-8-12(17)11-7-9(16)3-5-13(11)18-14/h3-7,12,14H,2,8,17H2,1H3/t12-,14?/m1/s1. The second-order valence-corrected chi connectivity index (χ2v) is 6.90. The number of rotatable bonds is 2. The molecule has 19 heavy (non-hydrogen) atoms. The van der Waals surface area contributed by atoms with Crippen LogP contribution < -0.4 is 10.5 Å². The van der Waals surface area contributed by atoms with Gasteiger partial charge in [0.25, 0.3) is 0 Å². The highest BCUT2D eigenvalue weighted by molar-refractivity contribution is 9.10. The molecule has 2 nitrogen and oxygen atoms in total. The average Bonchev–Trinajstić information content (AvgIpc) is 2.88. The maximum Gasteiger partial charge on any atom is 0.135 e. The van der Waals surface area contributed by atoms with Gasteiger partial charge in [0.05, 0.1) is 0 Å². The van der Waals surface area contributed by atoms with E-state index in [-0.39, 0.29) is 12.1 Å².